The predicted molar refractivity (Wildman–Crippen MR) is 125 cm³/mol. The Kier molecular flexibility index (Phi) is 6.41. The zero-order valence-corrected chi connectivity index (χ0v) is 20.3. The molecule has 0 N–H and O–H groups in total. The third-order valence-corrected chi connectivity index (χ3v) is 9.24. The van der Waals surface area contributed by atoms with Crippen molar-refractivity contribution in [1.82, 2.24) is 14.2 Å². The van der Waals surface area contributed by atoms with Gasteiger partial charge in [0.05, 0.1) is 4.90 Å². The molecule has 0 atom stereocenters. The summed E-state index contributed by atoms with van der Waals surface area (Å²) in [4.78, 5) is 19.9. The molecule has 7 heteroatoms. The number of pyridine rings is 1. The molecule has 172 valence electrons. The molecule has 6 nitrogen and oxygen atoms in total. The van der Waals surface area contributed by atoms with E-state index in [-0.39, 0.29) is 11.8 Å². The molecule has 0 radical (unpaired) electrons. The van der Waals surface area contributed by atoms with Gasteiger partial charge in [0.1, 0.15) is 0 Å². The number of carbonyl (C=O) groups is 1. The van der Waals surface area contributed by atoms with Crippen LogP contribution in [-0.4, -0.2) is 47.6 Å². The zero-order valence-electron chi connectivity index (χ0n) is 19.5. The summed E-state index contributed by atoms with van der Waals surface area (Å²) in [6.07, 6.45) is 6.75. The zero-order chi connectivity index (χ0) is 23.0. The van der Waals surface area contributed by atoms with Crippen molar-refractivity contribution in [2.45, 2.75) is 70.9 Å². The minimum Gasteiger partial charge on any atom is -0.335 e. The number of amides is 1. The minimum atomic E-state index is -3.59. The van der Waals surface area contributed by atoms with Gasteiger partial charge in [-0.3, -0.25) is 9.78 Å². The molecule has 2 aliphatic rings. The smallest absolute Gasteiger partial charge is 0.243 e. The Balaban J connectivity index is 1.47. The van der Waals surface area contributed by atoms with Gasteiger partial charge < -0.3 is 4.90 Å². The Morgan fingerprint density at radius 3 is 2.09 bits per heavy atom. The average molecular weight is 456 g/mol. The quantitative estimate of drug-likeness (QED) is 0.662. The fourth-order valence-corrected chi connectivity index (χ4v) is 6.78. The number of aromatic nitrogens is 1. The molecule has 0 spiro atoms. The van der Waals surface area contributed by atoms with Crippen LogP contribution >= 0.6 is 0 Å². The van der Waals surface area contributed by atoms with Crippen molar-refractivity contribution in [2.75, 3.05) is 13.1 Å². The van der Waals surface area contributed by atoms with Crippen molar-refractivity contribution in [2.24, 2.45) is 5.92 Å². The molecule has 2 aromatic rings. The molecular weight excluding hydrogens is 422 g/mol. The van der Waals surface area contributed by atoms with Gasteiger partial charge in [0.15, 0.2) is 0 Å². The van der Waals surface area contributed by atoms with Crippen LogP contribution in [-0.2, 0) is 21.4 Å². The van der Waals surface area contributed by atoms with E-state index < -0.39 is 10.0 Å². The van der Waals surface area contributed by atoms with E-state index in [1.54, 1.807) is 16.7 Å². The van der Waals surface area contributed by atoms with E-state index in [9.17, 15) is 13.2 Å². The van der Waals surface area contributed by atoms with Crippen LogP contribution in [0.25, 0.3) is 0 Å². The lowest BCUT2D eigenvalue weighted by Gasteiger charge is -2.34. The second-order valence-corrected chi connectivity index (χ2v) is 11.2. The van der Waals surface area contributed by atoms with Crippen molar-refractivity contribution < 1.29 is 13.2 Å². The topological polar surface area (TPSA) is 70.6 Å². The van der Waals surface area contributed by atoms with Crippen LogP contribution in [0.1, 0.15) is 53.5 Å². The number of benzene rings is 1. The molecule has 1 aliphatic carbocycles. The molecule has 0 unspecified atom stereocenters. The van der Waals surface area contributed by atoms with E-state index in [1.165, 1.54) is 0 Å². The van der Waals surface area contributed by atoms with Gasteiger partial charge in [-0.25, -0.2) is 8.42 Å². The summed E-state index contributed by atoms with van der Waals surface area (Å²) >= 11 is 0. The molecule has 1 saturated heterocycles. The number of nitrogens with zero attached hydrogens (tertiary/aromatic N) is 3. The fraction of sp³-hybridized carbons (Fsp3) is 0.520. The van der Waals surface area contributed by atoms with Crippen molar-refractivity contribution in [3.05, 3.63) is 58.4 Å². The Hall–Kier alpha value is -2.25. The molecular formula is C25H33N3O3S. The third kappa shape index (κ3) is 4.46. The SMILES string of the molecule is Cc1cc(C)c(C)c(S(=O)(=O)N2CCC(C(=O)N(Cc3ccncc3)C3CC3)CC2)c1C. The van der Waals surface area contributed by atoms with E-state index in [0.717, 1.165) is 40.7 Å². The van der Waals surface area contributed by atoms with Gasteiger partial charge in [-0.2, -0.15) is 4.31 Å². The van der Waals surface area contributed by atoms with E-state index in [4.69, 9.17) is 0 Å². The number of sulfonamides is 1. The van der Waals surface area contributed by atoms with Crippen LogP contribution in [0.3, 0.4) is 0 Å². The highest BCUT2D eigenvalue weighted by Gasteiger charge is 2.39. The summed E-state index contributed by atoms with van der Waals surface area (Å²) in [5.74, 6) is 0.0467. The molecule has 32 heavy (non-hydrogen) atoms. The largest absolute Gasteiger partial charge is 0.335 e. The van der Waals surface area contributed by atoms with Gasteiger partial charge in [-0.15, -0.1) is 0 Å². The molecule has 1 aliphatic heterocycles. The summed E-state index contributed by atoms with van der Waals surface area (Å²) in [6.45, 7) is 9.07. The van der Waals surface area contributed by atoms with Crippen LogP contribution < -0.4 is 0 Å². The molecule has 1 aromatic heterocycles. The second-order valence-electron chi connectivity index (χ2n) is 9.32. The monoisotopic (exact) mass is 455 g/mol. The van der Waals surface area contributed by atoms with Crippen molar-refractivity contribution >= 4 is 15.9 Å². The number of aryl methyl sites for hydroxylation is 2. The van der Waals surface area contributed by atoms with E-state index in [1.807, 2.05) is 50.8 Å². The highest BCUT2D eigenvalue weighted by molar-refractivity contribution is 7.89. The molecule has 1 saturated carbocycles. The Morgan fingerprint density at radius 1 is 1.00 bits per heavy atom. The number of piperidine rings is 1. The minimum absolute atomic E-state index is 0.120. The summed E-state index contributed by atoms with van der Waals surface area (Å²) in [6, 6.07) is 6.26. The van der Waals surface area contributed by atoms with Gasteiger partial charge in [0.25, 0.3) is 0 Å². The number of carbonyl (C=O) groups excluding carboxylic acids is 1. The summed E-state index contributed by atoms with van der Waals surface area (Å²) in [7, 11) is -3.59. The summed E-state index contributed by atoms with van der Waals surface area (Å²) < 4.78 is 28.6. The predicted octanol–water partition coefficient (Wildman–Crippen LogP) is 3.91. The summed E-state index contributed by atoms with van der Waals surface area (Å²) in [5.41, 5.74) is 4.72. The van der Waals surface area contributed by atoms with Gasteiger partial charge in [-0.1, -0.05) is 6.07 Å². The lowest BCUT2D eigenvalue weighted by molar-refractivity contribution is -0.138. The molecule has 2 fully saturated rings. The maximum Gasteiger partial charge on any atom is 0.243 e. The maximum atomic E-state index is 13.5. The van der Waals surface area contributed by atoms with Crippen LogP contribution in [0.5, 0.6) is 0 Å². The number of rotatable bonds is 6. The van der Waals surface area contributed by atoms with E-state index >= 15 is 0 Å². The van der Waals surface area contributed by atoms with Crippen LogP contribution in [0.4, 0.5) is 0 Å². The summed E-state index contributed by atoms with van der Waals surface area (Å²) in [5, 5.41) is 0. The van der Waals surface area contributed by atoms with Crippen LogP contribution in [0.15, 0.2) is 35.5 Å². The van der Waals surface area contributed by atoms with Crippen LogP contribution in [0, 0.1) is 33.6 Å². The molecule has 0 bridgehead atoms. The van der Waals surface area contributed by atoms with E-state index in [0.29, 0.717) is 43.4 Å². The lowest BCUT2D eigenvalue weighted by atomic mass is 9.96. The Labute approximate surface area is 191 Å². The molecule has 1 aromatic carbocycles. The van der Waals surface area contributed by atoms with Crippen molar-refractivity contribution in [3.63, 3.8) is 0 Å². The Morgan fingerprint density at radius 2 is 1.56 bits per heavy atom. The standard InChI is InChI=1S/C25H33N3O3S/c1-17-15-18(2)20(4)24(19(17)3)32(30,31)27-13-9-22(10-14-27)25(29)28(23-5-6-23)16-21-7-11-26-12-8-21/h7-8,11-12,15,22-23H,5-6,9-10,13-14,16H2,1-4H3. The average Bonchev–Trinajstić information content (AvgIpc) is 3.62. The molecule has 4 rings (SSSR count). The van der Waals surface area contributed by atoms with E-state index in [2.05, 4.69) is 4.98 Å². The third-order valence-electron chi connectivity index (χ3n) is 7.07. The van der Waals surface area contributed by atoms with Crippen molar-refractivity contribution in [3.8, 4) is 0 Å². The number of hydrogen-bond acceptors (Lipinski definition) is 4. The van der Waals surface area contributed by atoms with Gasteiger partial charge in [0, 0.05) is 44.0 Å². The number of hydrogen-bond donors (Lipinski definition) is 0. The first-order chi connectivity index (χ1) is 15.2. The normalized spacial score (nSPS) is 18.0. The van der Waals surface area contributed by atoms with Crippen LogP contribution in [0.2, 0.25) is 0 Å². The molecule has 1 amide bonds. The van der Waals surface area contributed by atoms with Gasteiger partial charge >= 0.3 is 0 Å². The first-order valence-corrected chi connectivity index (χ1v) is 12.9. The lowest BCUT2D eigenvalue weighted by Crippen LogP contribution is -2.45. The van der Waals surface area contributed by atoms with Crippen molar-refractivity contribution in [1.29, 1.82) is 0 Å². The van der Waals surface area contributed by atoms with Gasteiger partial charge in [0.2, 0.25) is 15.9 Å². The highest BCUT2D eigenvalue weighted by Crippen LogP contribution is 2.34. The first kappa shape index (κ1) is 22.9. The highest BCUT2D eigenvalue weighted by atomic mass is 32.2. The Bertz CT molecular complexity index is 1080. The van der Waals surface area contributed by atoms with Gasteiger partial charge in [-0.05, 0) is 93.3 Å². The first-order valence-electron chi connectivity index (χ1n) is 11.5. The second kappa shape index (κ2) is 8.94. The molecule has 2 heterocycles. The maximum absolute atomic E-state index is 13.5. The fourth-order valence-electron chi connectivity index (χ4n) is 4.73.